The van der Waals surface area contributed by atoms with Crippen LogP contribution >= 0.6 is 39.1 Å². The number of ether oxygens (including phenoxy) is 1. The highest BCUT2D eigenvalue weighted by Crippen LogP contribution is 2.38. The van der Waals surface area contributed by atoms with Crippen LogP contribution in [0.4, 0.5) is 14.5 Å². The largest absolute Gasteiger partial charge is 0.431 e. The standard InChI is InChI=1S/C14H10BrCl2F2NO/c15-10-5-9(16)6-12(13(10)21-14(18)19)20-7-8-3-1-2-4-11(8)17/h1-6,14,20H,7H2. The maximum Gasteiger partial charge on any atom is 0.387 e. The number of nitrogens with one attached hydrogen (secondary N) is 1. The monoisotopic (exact) mass is 395 g/mol. The van der Waals surface area contributed by atoms with E-state index in [0.717, 1.165) is 5.56 Å². The summed E-state index contributed by atoms with van der Waals surface area (Å²) in [5.74, 6) is 0.00135. The molecule has 2 nitrogen and oxygen atoms in total. The molecule has 7 heteroatoms. The molecule has 0 aliphatic carbocycles. The molecule has 0 spiro atoms. The van der Waals surface area contributed by atoms with Gasteiger partial charge < -0.3 is 10.1 Å². The Bertz CT molecular complexity index is 640. The SMILES string of the molecule is FC(F)Oc1c(Br)cc(Cl)cc1NCc1ccccc1Cl. The van der Waals surface area contributed by atoms with Crippen LogP contribution in [0.1, 0.15) is 5.56 Å². The molecule has 0 bridgehead atoms. The van der Waals surface area contributed by atoms with Crippen LogP contribution in [0.15, 0.2) is 40.9 Å². The fourth-order valence-corrected chi connectivity index (χ4v) is 2.84. The van der Waals surface area contributed by atoms with Gasteiger partial charge in [0.2, 0.25) is 0 Å². The predicted molar refractivity (Wildman–Crippen MR) is 84.6 cm³/mol. The molecular weight excluding hydrogens is 387 g/mol. The molecule has 0 fully saturated rings. The molecule has 0 saturated heterocycles. The highest BCUT2D eigenvalue weighted by molar-refractivity contribution is 9.10. The summed E-state index contributed by atoms with van der Waals surface area (Å²) in [6, 6.07) is 10.2. The average molecular weight is 397 g/mol. The molecule has 0 aliphatic heterocycles. The number of hydrogen-bond donors (Lipinski definition) is 1. The van der Waals surface area contributed by atoms with Gasteiger partial charge in [0.25, 0.3) is 0 Å². The summed E-state index contributed by atoms with van der Waals surface area (Å²) in [5, 5.41) is 3.98. The Balaban J connectivity index is 2.24. The fourth-order valence-electron chi connectivity index (χ4n) is 1.73. The van der Waals surface area contributed by atoms with Gasteiger partial charge in [-0.2, -0.15) is 8.78 Å². The first kappa shape index (κ1) is 16.3. The van der Waals surface area contributed by atoms with Crippen LogP contribution in [-0.4, -0.2) is 6.61 Å². The molecule has 2 aromatic rings. The third-order valence-electron chi connectivity index (χ3n) is 2.64. The molecule has 112 valence electrons. The van der Waals surface area contributed by atoms with E-state index < -0.39 is 6.61 Å². The van der Waals surface area contributed by atoms with Crippen molar-refractivity contribution in [2.75, 3.05) is 5.32 Å². The van der Waals surface area contributed by atoms with Crippen LogP contribution in [0, 0.1) is 0 Å². The summed E-state index contributed by atoms with van der Waals surface area (Å²) < 4.78 is 29.8. The van der Waals surface area contributed by atoms with Gasteiger partial charge in [-0.3, -0.25) is 0 Å². The third kappa shape index (κ3) is 4.46. The van der Waals surface area contributed by atoms with Crippen LogP contribution in [0.5, 0.6) is 5.75 Å². The molecule has 0 unspecified atom stereocenters. The quantitative estimate of drug-likeness (QED) is 0.672. The average Bonchev–Trinajstić information content (AvgIpc) is 2.41. The van der Waals surface area contributed by atoms with Gasteiger partial charge in [0.15, 0.2) is 5.75 Å². The molecule has 0 heterocycles. The van der Waals surface area contributed by atoms with E-state index >= 15 is 0 Å². The molecular formula is C14H10BrCl2F2NO. The molecule has 0 atom stereocenters. The summed E-state index contributed by atoms with van der Waals surface area (Å²) in [6.45, 7) is -2.57. The lowest BCUT2D eigenvalue weighted by Gasteiger charge is -2.15. The van der Waals surface area contributed by atoms with Crippen molar-refractivity contribution in [2.24, 2.45) is 0 Å². The van der Waals surface area contributed by atoms with Gasteiger partial charge in [-0.15, -0.1) is 0 Å². The summed E-state index contributed by atoms with van der Waals surface area (Å²) in [5.41, 5.74) is 1.19. The summed E-state index contributed by atoms with van der Waals surface area (Å²) in [6.07, 6.45) is 0. The minimum atomic E-state index is -2.93. The second kappa shape index (κ2) is 7.29. The maximum absolute atomic E-state index is 12.5. The topological polar surface area (TPSA) is 21.3 Å². The Labute approximate surface area is 139 Å². The van der Waals surface area contributed by atoms with Crippen molar-refractivity contribution in [1.29, 1.82) is 0 Å². The Morgan fingerprint density at radius 1 is 1.19 bits per heavy atom. The molecule has 0 aliphatic rings. The first-order valence-electron chi connectivity index (χ1n) is 5.88. The van der Waals surface area contributed by atoms with Crippen LogP contribution in [0.3, 0.4) is 0 Å². The summed E-state index contributed by atoms with van der Waals surface area (Å²) in [4.78, 5) is 0. The predicted octanol–water partition coefficient (Wildman–Crippen LogP) is 5.97. The van der Waals surface area contributed by atoms with Crippen molar-refractivity contribution < 1.29 is 13.5 Å². The zero-order valence-corrected chi connectivity index (χ0v) is 13.6. The van der Waals surface area contributed by atoms with E-state index in [1.165, 1.54) is 12.1 Å². The Kier molecular flexibility index (Phi) is 5.67. The highest BCUT2D eigenvalue weighted by Gasteiger charge is 2.15. The number of alkyl halides is 2. The van der Waals surface area contributed by atoms with E-state index in [1.54, 1.807) is 6.07 Å². The fraction of sp³-hybridized carbons (Fsp3) is 0.143. The van der Waals surface area contributed by atoms with Crippen molar-refractivity contribution in [1.82, 2.24) is 0 Å². The van der Waals surface area contributed by atoms with E-state index in [2.05, 4.69) is 26.0 Å². The molecule has 2 aromatic carbocycles. The van der Waals surface area contributed by atoms with Crippen molar-refractivity contribution >= 4 is 44.8 Å². The summed E-state index contributed by atoms with van der Waals surface area (Å²) >= 11 is 15.1. The normalized spacial score (nSPS) is 10.8. The van der Waals surface area contributed by atoms with E-state index in [4.69, 9.17) is 23.2 Å². The number of hydrogen-bond acceptors (Lipinski definition) is 2. The zero-order chi connectivity index (χ0) is 15.4. The van der Waals surface area contributed by atoms with Gasteiger partial charge in [0.1, 0.15) is 0 Å². The summed E-state index contributed by atoms with van der Waals surface area (Å²) in [7, 11) is 0. The minimum Gasteiger partial charge on any atom is -0.431 e. The van der Waals surface area contributed by atoms with Gasteiger partial charge in [-0.25, -0.2) is 0 Å². The molecule has 21 heavy (non-hydrogen) atoms. The number of benzene rings is 2. The number of rotatable bonds is 5. The van der Waals surface area contributed by atoms with Crippen molar-refractivity contribution in [3.05, 3.63) is 56.5 Å². The third-order valence-corrected chi connectivity index (χ3v) is 3.82. The van der Waals surface area contributed by atoms with E-state index in [9.17, 15) is 8.78 Å². The van der Waals surface area contributed by atoms with E-state index in [0.29, 0.717) is 26.8 Å². The molecule has 0 saturated carbocycles. The van der Waals surface area contributed by atoms with Gasteiger partial charge >= 0.3 is 6.61 Å². The maximum atomic E-state index is 12.5. The lowest BCUT2D eigenvalue weighted by atomic mass is 10.2. The zero-order valence-electron chi connectivity index (χ0n) is 10.5. The van der Waals surface area contributed by atoms with Crippen molar-refractivity contribution in [3.63, 3.8) is 0 Å². The Morgan fingerprint density at radius 3 is 2.57 bits per heavy atom. The minimum absolute atomic E-state index is 0.00135. The second-order valence-electron chi connectivity index (χ2n) is 4.09. The molecule has 2 rings (SSSR count). The van der Waals surface area contributed by atoms with Gasteiger partial charge in [-0.1, -0.05) is 41.4 Å². The molecule has 0 radical (unpaired) electrons. The van der Waals surface area contributed by atoms with Gasteiger partial charge in [0.05, 0.1) is 10.2 Å². The number of halogens is 5. The Hall–Kier alpha value is -1.04. The van der Waals surface area contributed by atoms with Crippen LogP contribution in [-0.2, 0) is 6.54 Å². The molecule has 1 N–H and O–H groups in total. The van der Waals surface area contributed by atoms with Crippen LogP contribution in [0.2, 0.25) is 10.0 Å². The van der Waals surface area contributed by atoms with Crippen LogP contribution < -0.4 is 10.1 Å². The lowest BCUT2D eigenvalue weighted by Crippen LogP contribution is -2.07. The first-order valence-corrected chi connectivity index (χ1v) is 7.43. The second-order valence-corrected chi connectivity index (χ2v) is 5.79. The van der Waals surface area contributed by atoms with Crippen molar-refractivity contribution in [2.45, 2.75) is 13.2 Å². The molecule has 0 aromatic heterocycles. The smallest absolute Gasteiger partial charge is 0.387 e. The van der Waals surface area contributed by atoms with E-state index in [1.807, 2.05) is 18.2 Å². The molecule has 0 amide bonds. The number of anilines is 1. The highest BCUT2D eigenvalue weighted by atomic mass is 79.9. The Morgan fingerprint density at radius 2 is 1.90 bits per heavy atom. The lowest BCUT2D eigenvalue weighted by molar-refractivity contribution is -0.0498. The van der Waals surface area contributed by atoms with Crippen LogP contribution in [0.25, 0.3) is 0 Å². The van der Waals surface area contributed by atoms with Gasteiger partial charge in [-0.05, 0) is 39.7 Å². The first-order chi connectivity index (χ1) is 9.97. The van der Waals surface area contributed by atoms with Gasteiger partial charge in [0, 0.05) is 16.6 Å². The van der Waals surface area contributed by atoms with E-state index in [-0.39, 0.29) is 5.75 Å². The van der Waals surface area contributed by atoms with Crippen molar-refractivity contribution in [3.8, 4) is 5.75 Å².